The van der Waals surface area contributed by atoms with E-state index in [4.69, 9.17) is 4.74 Å². The molecule has 0 aliphatic rings. The van der Waals surface area contributed by atoms with Crippen molar-refractivity contribution in [3.8, 4) is 17.2 Å². The van der Waals surface area contributed by atoms with Crippen molar-refractivity contribution in [1.29, 1.82) is 5.26 Å². The molecule has 2 heterocycles. The van der Waals surface area contributed by atoms with Crippen LogP contribution in [0.2, 0.25) is 0 Å². The molecule has 4 aromatic rings. The maximum atomic E-state index is 13.9. The molecule has 0 spiro atoms. The molecule has 0 saturated carbocycles. The van der Waals surface area contributed by atoms with Crippen LogP contribution < -0.4 is 0 Å². The van der Waals surface area contributed by atoms with Crippen molar-refractivity contribution in [2.45, 2.75) is 31.6 Å². The molecule has 0 radical (unpaired) electrons. The molecule has 0 saturated heterocycles. The fourth-order valence-electron chi connectivity index (χ4n) is 4.24. The van der Waals surface area contributed by atoms with E-state index in [9.17, 15) is 23.2 Å². The molecule has 35 heavy (non-hydrogen) atoms. The first-order valence-electron chi connectivity index (χ1n) is 10.7. The Hall–Kier alpha value is -4.19. The highest BCUT2D eigenvalue weighted by Gasteiger charge is 2.40. The van der Waals surface area contributed by atoms with Crippen LogP contribution in [-0.4, -0.2) is 27.7 Å². The van der Waals surface area contributed by atoms with E-state index in [0.717, 1.165) is 0 Å². The molecule has 0 aliphatic heterocycles. The highest BCUT2D eigenvalue weighted by atomic mass is 19.3. The number of rotatable bonds is 7. The Bertz CT molecular complexity index is 1430. The molecule has 0 bridgehead atoms. The molecule has 6 nitrogen and oxygen atoms in total. The van der Waals surface area contributed by atoms with E-state index in [1.54, 1.807) is 25.1 Å². The molecule has 178 valence electrons. The summed E-state index contributed by atoms with van der Waals surface area (Å²) >= 11 is 0. The van der Waals surface area contributed by atoms with Gasteiger partial charge in [-0.1, -0.05) is 36.4 Å². The number of halogens is 3. The summed E-state index contributed by atoms with van der Waals surface area (Å²) in [5.74, 6) is -0.992. The van der Waals surface area contributed by atoms with E-state index in [1.165, 1.54) is 54.2 Å². The zero-order chi connectivity index (χ0) is 25.2. The number of benzene rings is 2. The second kappa shape index (κ2) is 9.58. The van der Waals surface area contributed by atoms with Gasteiger partial charge in [0.25, 0.3) is 6.43 Å². The SMILES string of the molecule is COC(=O)C(C)(Cc1cccc(F)c1)c1ccnc2c(-c3ccc(C(F)F)cc3)c(CC#N)nn12. The Labute approximate surface area is 199 Å². The normalized spacial score (nSPS) is 12.9. The number of ether oxygens (including phenoxy) is 1. The third kappa shape index (κ3) is 4.47. The van der Waals surface area contributed by atoms with Crippen LogP contribution in [0.1, 0.15) is 35.9 Å². The number of aromatic nitrogens is 3. The second-order valence-electron chi connectivity index (χ2n) is 8.28. The molecule has 0 fully saturated rings. The molecule has 2 aromatic heterocycles. The summed E-state index contributed by atoms with van der Waals surface area (Å²) in [5, 5.41) is 14.0. The van der Waals surface area contributed by atoms with Gasteiger partial charge in [-0.25, -0.2) is 22.7 Å². The first-order valence-corrected chi connectivity index (χ1v) is 10.7. The maximum Gasteiger partial charge on any atom is 0.317 e. The first-order chi connectivity index (χ1) is 16.8. The van der Waals surface area contributed by atoms with Gasteiger partial charge in [0.2, 0.25) is 0 Å². The average Bonchev–Trinajstić information content (AvgIpc) is 3.21. The van der Waals surface area contributed by atoms with Gasteiger partial charge < -0.3 is 4.74 Å². The number of fused-ring (bicyclic) bond motifs is 1. The zero-order valence-electron chi connectivity index (χ0n) is 19.0. The van der Waals surface area contributed by atoms with Crippen LogP contribution >= 0.6 is 0 Å². The Balaban J connectivity index is 1.93. The summed E-state index contributed by atoms with van der Waals surface area (Å²) in [4.78, 5) is 17.5. The van der Waals surface area contributed by atoms with Crippen LogP contribution in [0, 0.1) is 17.1 Å². The number of carbonyl (C=O) groups excluding carboxylic acids is 1. The highest BCUT2D eigenvalue weighted by Crippen LogP contribution is 2.35. The van der Waals surface area contributed by atoms with Crippen molar-refractivity contribution < 1.29 is 22.7 Å². The molecular weight excluding hydrogens is 457 g/mol. The molecular formula is C26H21F3N4O2. The minimum Gasteiger partial charge on any atom is -0.468 e. The van der Waals surface area contributed by atoms with Crippen molar-refractivity contribution in [1.82, 2.24) is 14.6 Å². The van der Waals surface area contributed by atoms with Crippen molar-refractivity contribution in [2.75, 3.05) is 7.11 Å². The van der Waals surface area contributed by atoms with Crippen LogP contribution in [0.5, 0.6) is 0 Å². The number of methoxy groups -OCH3 is 1. The third-order valence-electron chi connectivity index (χ3n) is 5.94. The standard InChI is InChI=1S/C26H21F3N4O2/c1-26(25(34)35-2,15-16-4-3-5-19(27)14-16)21-11-13-31-24-22(20(10-12-30)32-33(21)24)17-6-8-18(9-7-17)23(28)29/h3-9,11,13-14,23H,10,15H2,1-2H3. The summed E-state index contributed by atoms with van der Waals surface area (Å²) in [6, 6.07) is 15.3. The fraction of sp³-hybridized carbons (Fsp3) is 0.231. The van der Waals surface area contributed by atoms with Gasteiger partial charge in [0.1, 0.15) is 11.2 Å². The van der Waals surface area contributed by atoms with Gasteiger partial charge in [0, 0.05) is 11.8 Å². The van der Waals surface area contributed by atoms with Gasteiger partial charge in [-0.3, -0.25) is 4.79 Å². The van der Waals surface area contributed by atoms with Gasteiger partial charge in [0.05, 0.1) is 36.6 Å². The van der Waals surface area contributed by atoms with Crippen LogP contribution in [0.15, 0.2) is 60.8 Å². The van der Waals surface area contributed by atoms with Crippen LogP contribution in [0.4, 0.5) is 13.2 Å². The Morgan fingerprint density at radius 2 is 1.94 bits per heavy atom. The lowest BCUT2D eigenvalue weighted by atomic mass is 9.80. The molecule has 0 N–H and O–H groups in total. The smallest absolute Gasteiger partial charge is 0.317 e. The summed E-state index contributed by atoms with van der Waals surface area (Å²) < 4.78 is 46.6. The number of hydrogen-bond donors (Lipinski definition) is 0. The molecule has 0 amide bonds. The van der Waals surface area contributed by atoms with E-state index < -0.39 is 23.6 Å². The summed E-state index contributed by atoms with van der Waals surface area (Å²) in [5.41, 5.74) is 1.40. The van der Waals surface area contributed by atoms with Crippen molar-refractivity contribution in [2.24, 2.45) is 0 Å². The highest BCUT2D eigenvalue weighted by molar-refractivity contribution is 5.84. The van der Waals surface area contributed by atoms with Crippen molar-refractivity contribution in [3.63, 3.8) is 0 Å². The van der Waals surface area contributed by atoms with Gasteiger partial charge in [0.15, 0.2) is 5.65 Å². The zero-order valence-corrected chi connectivity index (χ0v) is 19.0. The van der Waals surface area contributed by atoms with Gasteiger partial charge in [-0.2, -0.15) is 10.4 Å². The summed E-state index contributed by atoms with van der Waals surface area (Å²) in [6.07, 6.45) is -1.05. The first kappa shape index (κ1) is 24.0. The van der Waals surface area contributed by atoms with E-state index >= 15 is 0 Å². The van der Waals surface area contributed by atoms with E-state index in [2.05, 4.69) is 16.2 Å². The molecule has 9 heteroatoms. The third-order valence-corrected chi connectivity index (χ3v) is 5.94. The van der Waals surface area contributed by atoms with Gasteiger partial charge >= 0.3 is 5.97 Å². The topological polar surface area (TPSA) is 80.3 Å². The van der Waals surface area contributed by atoms with E-state index in [1.807, 2.05) is 0 Å². The Morgan fingerprint density at radius 1 is 1.20 bits per heavy atom. The van der Waals surface area contributed by atoms with Crippen molar-refractivity contribution >= 4 is 11.6 Å². The lowest BCUT2D eigenvalue weighted by molar-refractivity contribution is -0.147. The molecule has 1 unspecified atom stereocenters. The number of nitriles is 1. The average molecular weight is 478 g/mol. The molecule has 4 rings (SSSR count). The maximum absolute atomic E-state index is 13.9. The number of nitrogens with zero attached hydrogens (tertiary/aromatic N) is 4. The quantitative estimate of drug-likeness (QED) is 0.341. The lowest BCUT2D eigenvalue weighted by Crippen LogP contribution is -2.38. The van der Waals surface area contributed by atoms with Gasteiger partial charge in [-0.05, 0) is 42.7 Å². The van der Waals surface area contributed by atoms with Gasteiger partial charge in [-0.15, -0.1) is 0 Å². The monoisotopic (exact) mass is 478 g/mol. The van der Waals surface area contributed by atoms with E-state index in [0.29, 0.717) is 33.7 Å². The minimum absolute atomic E-state index is 0.0619. The summed E-state index contributed by atoms with van der Waals surface area (Å²) in [6.45, 7) is 1.67. The van der Waals surface area contributed by atoms with Crippen LogP contribution in [0.25, 0.3) is 16.8 Å². The number of esters is 1. The van der Waals surface area contributed by atoms with Crippen molar-refractivity contribution in [3.05, 3.63) is 89.1 Å². The molecule has 0 aliphatic carbocycles. The lowest BCUT2D eigenvalue weighted by Gasteiger charge is -2.27. The fourth-order valence-corrected chi connectivity index (χ4v) is 4.24. The number of hydrogen-bond acceptors (Lipinski definition) is 5. The number of carbonyl (C=O) groups is 1. The predicted molar refractivity (Wildman–Crippen MR) is 122 cm³/mol. The Kier molecular flexibility index (Phi) is 6.56. The van der Waals surface area contributed by atoms with Crippen LogP contribution in [-0.2, 0) is 27.8 Å². The Morgan fingerprint density at radius 3 is 2.57 bits per heavy atom. The predicted octanol–water partition coefficient (Wildman–Crippen LogP) is 5.21. The number of alkyl halides is 2. The molecule has 1 atom stereocenters. The summed E-state index contributed by atoms with van der Waals surface area (Å²) in [7, 11) is 1.27. The minimum atomic E-state index is -2.61. The largest absolute Gasteiger partial charge is 0.468 e. The van der Waals surface area contributed by atoms with E-state index in [-0.39, 0.29) is 18.4 Å². The molecule has 2 aromatic carbocycles. The van der Waals surface area contributed by atoms with Crippen LogP contribution in [0.3, 0.4) is 0 Å². The second-order valence-corrected chi connectivity index (χ2v) is 8.28.